The molecular formula is C20H19NO3S. The molecule has 0 aliphatic rings. The highest BCUT2D eigenvalue weighted by Crippen LogP contribution is 2.34. The lowest BCUT2D eigenvalue weighted by Crippen LogP contribution is -2.37. The fourth-order valence-corrected chi connectivity index (χ4v) is 3.58. The van der Waals surface area contributed by atoms with Crippen molar-refractivity contribution in [2.45, 2.75) is 23.7 Å². The predicted molar refractivity (Wildman–Crippen MR) is 97.0 cm³/mol. The van der Waals surface area contributed by atoms with Gasteiger partial charge in [-0.1, -0.05) is 55.1 Å². The van der Waals surface area contributed by atoms with Crippen LogP contribution < -0.4 is 0 Å². The summed E-state index contributed by atoms with van der Waals surface area (Å²) in [6.07, 6.45) is -0.0755. The second-order valence-corrected chi connectivity index (χ2v) is 6.99. The summed E-state index contributed by atoms with van der Waals surface area (Å²) in [4.78, 5) is 13.5. The monoisotopic (exact) mass is 353 g/mol. The smallest absolute Gasteiger partial charge is 0.331 e. The SMILES string of the molecule is C=C(CC(C#N)(C(=O)OCC)c1ccccc1)S(=O)c1ccccc1. The van der Waals surface area contributed by atoms with Gasteiger partial charge in [0, 0.05) is 16.2 Å². The molecule has 0 heterocycles. The molecular weight excluding hydrogens is 334 g/mol. The van der Waals surface area contributed by atoms with E-state index in [-0.39, 0.29) is 13.0 Å². The van der Waals surface area contributed by atoms with Crippen LogP contribution in [0.4, 0.5) is 0 Å². The molecule has 0 bridgehead atoms. The quantitative estimate of drug-likeness (QED) is 0.712. The first-order valence-corrected chi connectivity index (χ1v) is 8.98. The van der Waals surface area contributed by atoms with Crippen molar-refractivity contribution in [2.75, 3.05) is 6.61 Å². The van der Waals surface area contributed by atoms with Gasteiger partial charge in [-0.05, 0) is 24.6 Å². The van der Waals surface area contributed by atoms with E-state index in [2.05, 4.69) is 12.6 Å². The second-order valence-electron chi connectivity index (χ2n) is 5.40. The third kappa shape index (κ3) is 4.04. The molecule has 0 aliphatic heterocycles. The Morgan fingerprint density at radius 2 is 1.72 bits per heavy atom. The van der Waals surface area contributed by atoms with Gasteiger partial charge in [0.1, 0.15) is 0 Å². The van der Waals surface area contributed by atoms with Crippen LogP contribution in [0.15, 0.2) is 77.0 Å². The third-order valence-electron chi connectivity index (χ3n) is 3.76. The van der Waals surface area contributed by atoms with Crippen molar-refractivity contribution in [3.63, 3.8) is 0 Å². The van der Waals surface area contributed by atoms with Gasteiger partial charge in [0.25, 0.3) is 0 Å². The van der Waals surface area contributed by atoms with Crippen molar-refractivity contribution in [2.24, 2.45) is 0 Å². The average Bonchev–Trinajstić information content (AvgIpc) is 2.67. The minimum absolute atomic E-state index is 0.0755. The number of esters is 1. The molecule has 5 heteroatoms. The molecule has 0 saturated heterocycles. The Kier molecular flexibility index (Phi) is 6.26. The normalized spacial score (nSPS) is 13.9. The van der Waals surface area contributed by atoms with E-state index in [0.717, 1.165) is 0 Å². The van der Waals surface area contributed by atoms with Crippen molar-refractivity contribution >= 4 is 16.8 Å². The van der Waals surface area contributed by atoms with Gasteiger partial charge in [-0.25, -0.2) is 9.00 Å². The van der Waals surface area contributed by atoms with E-state index in [4.69, 9.17) is 4.74 Å². The number of nitriles is 1. The van der Waals surface area contributed by atoms with Crippen molar-refractivity contribution in [3.05, 3.63) is 77.7 Å². The minimum atomic E-state index is -1.57. The van der Waals surface area contributed by atoms with Gasteiger partial charge < -0.3 is 4.74 Å². The summed E-state index contributed by atoms with van der Waals surface area (Å²) < 4.78 is 17.8. The first-order chi connectivity index (χ1) is 12.0. The number of carbonyl (C=O) groups excluding carboxylic acids is 1. The molecule has 2 aromatic carbocycles. The molecule has 2 aromatic rings. The molecule has 25 heavy (non-hydrogen) atoms. The summed E-state index contributed by atoms with van der Waals surface area (Å²) in [7, 11) is -1.52. The second kappa shape index (κ2) is 8.41. The Labute approximate surface area is 150 Å². The van der Waals surface area contributed by atoms with Crippen LogP contribution in [0.25, 0.3) is 0 Å². The summed E-state index contributed by atoms with van der Waals surface area (Å²) in [5.74, 6) is -0.657. The molecule has 2 unspecified atom stereocenters. The van der Waals surface area contributed by atoms with Crippen LogP contribution in [0.3, 0.4) is 0 Å². The third-order valence-corrected chi connectivity index (χ3v) is 5.13. The number of hydrogen-bond acceptors (Lipinski definition) is 4. The molecule has 2 rings (SSSR count). The van der Waals surface area contributed by atoms with E-state index in [1.165, 1.54) is 0 Å². The molecule has 0 aromatic heterocycles. The van der Waals surface area contributed by atoms with Crippen molar-refractivity contribution in [1.29, 1.82) is 5.26 Å². The molecule has 0 aliphatic carbocycles. The van der Waals surface area contributed by atoms with E-state index in [0.29, 0.717) is 15.4 Å². The number of nitrogens with zero attached hydrogens (tertiary/aromatic N) is 1. The number of carbonyl (C=O) groups is 1. The van der Waals surface area contributed by atoms with Gasteiger partial charge in [-0.15, -0.1) is 0 Å². The number of rotatable bonds is 7. The van der Waals surface area contributed by atoms with E-state index in [1.807, 2.05) is 6.07 Å². The van der Waals surface area contributed by atoms with Crippen LogP contribution in [-0.4, -0.2) is 16.8 Å². The number of ether oxygens (including phenoxy) is 1. The summed E-state index contributed by atoms with van der Waals surface area (Å²) >= 11 is 0. The largest absolute Gasteiger partial charge is 0.465 e. The summed E-state index contributed by atoms with van der Waals surface area (Å²) in [5.41, 5.74) is -1.07. The molecule has 0 spiro atoms. The maximum Gasteiger partial charge on any atom is 0.331 e. The van der Waals surface area contributed by atoms with Gasteiger partial charge in [0.2, 0.25) is 0 Å². The Morgan fingerprint density at radius 1 is 1.16 bits per heavy atom. The lowest BCUT2D eigenvalue weighted by molar-refractivity contribution is -0.147. The van der Waals surface area contributed by atoms with Crippen LogP contribution in [-0.2, 0) is 25.7 Å². The van der Waals surface area contributed by atoms with Crippen LogP contribution in [0, 0.1) is 11.3 Å². The Hall–Kier alpha value is -2.71. The van der Waals surface area contributed by atoms with Gasteiger partial charge in [0.15, 0.2) is 5.41 Å². The van der Waals surface area contributed by atoms with Crippen molar-refractivity contribution in [1.82, 2.24) is 0 Å². The van der Waals surface area contributed by atoms with E-state index >= 15 is 0 Å². The van der Waals surface area contributed by atoms with Crippen LogP contribution in [0.2, 0.25) is 0 Å². The van der Waals surface area contributed by atoms with E-state index in [9.17, 15) is 14.3 Å². The Morgan fingerprint density at radius 3 is 2.24 bits per heavy atom. The first kappa shape index (κ1) is 18.6. The molecule has 128 valence electrons. The van der Waals surface area contributed by atoms with E-state index in [1.54, 1.807) is 61.5 Å². The first-order valence-electron chi connectivity index (χ1n) is 7.83. The standard InChI is InChI=1S/C20H19NO3S/c1-3-24-19(22)20(15-21,17-10-6-4-7-11-17)14-16(2)25(23)18-12-8-5-9-13-18/h4-13H,2-3,14H2,1H3. The Balaban J connectivity index is 2.40. The summed E-state index contributed by atoms with van der Waals surface area (Å²) in [6.45, 7) is 5.71. The lowest BCUT2D eigenvalue weighted by atomic mass is 9.79. The molecule has 0 saturated carbocycles. The van der Waals surface area contributed by atoms with Gasteiger partial charge in [-0.3, -0.25) is 0 Å². The topological polar surface area (TPSA) is 67.2 Å². The number of allylic oxidation sites excluding steroid dienone is 1. The Bertz CT molecular complexity index is 812. The molecule has 0 N–H and O–H groups in total. The summed E-state index contributed by atoms with van der Waals surface area (Å²) in [6, 6.07) is 19.6. The molecule has 0 amide bonds. The van der Waals surface area contributed by atoms with Crippen LogP contribution in [0.1, 0.15) is 18.9 Å². The minimum Gasteiger partial charge on any atom is -0.465 e. The van der Waals surface area contributed by atoms with E-state index < -0.39 is 22.2 Å². The zero-order valence-corrected chi connectivity index (χ0v) is 14.8. The predicted octanol–water partition coefficient (Wildman–Crippen LogP) is 3.72. The van der Waals surface area contributed by atoms with Crippen molar-refractivity contribution < 1.29 is 13.7 Å². The molecule has 0 radical (unpaired) electrons. The van der Waals surface area contributed by atoms with Crippen LogP contribution >= 0.6 is 0 Å². The fraction of sp³-hybridized carbons (Fsp3) is 0.200. The number of benzene rings is 2. The highest BCUT2D eigenvalue weighted by atomic mass is 32.2. The lowest BCUT2D eigenvalue weighted by Gasteiger charge is -2.25. The highest BCUT2D eigenvalue weighted by Gasteiger charge is 2.43. The molecule has 0 fully saturated rings. The van der Waals surface area contributed by atoms with Gasteiger partial charge in [-0.2, -0.15) is 5.26 Å². The summed E-state index contributed by atoms with van der Waals surface area (Å²) in [5, 5.41) is 9.84. The maximum absolute atomic E-state index is 12.7. The molecule has 4 nitrogen and oxygen atoms in total. The van der Waals surface area contributed by atoms with Gasteiger partial charge >= 0.3 is 5.97 Å². The average molecular weight is 353 g/mol. The zero-order valence-electron chi connectivity index (χ0n) is 14.0. The maximum atomic E-state index is 12.7. The molecule has 2 atom stereocenters. The van der Waals surface area contributed by atoms with Crippen LogP contribution in [0.5, 0.6) is 0 Å². The highest BCUT2D eigenvalue weighted by molar-refractivity contribution is 7.89. The zero-order chi connectivity index (χ0) is 18.3. The van der Waals surface area contributed by atoms with Gasteiger partial charge in [0.05, 0.1) is 23.5 Å². The number of hydrogen-bond donors (Lipinski definition) is 0. The fourth-order valence-electron chi connectivity index (χ4n) is 2.49. The van der Waals surface area contributed by atoms with Crippen molar-refractivity contribution in [3.8, 4) is 6.07 Å².